The van der Waals surface area contributed by atoms with Crippen LogP contribution in [0.2, 0.25) is 0 Å². The number of nitrogens with one attached hydrogen (secondary N) is 1. The molecule has 0 saturated carbocycles. The van der Waals surface area contributed by atoms with E-state index in [1.807, 2.05) is 0 Å². The van der Waals surface area contributed by atoms with Crippen molar-refractivity contribution in [1.29, 1.82) is 0 Å². The maximum absolute atomic E-state index is 14.2. The van der Waals surface area contributed by atoms with Gasteiger partial charge in [0.1, 0.15) is 22.8 Å². The highest BCUT2D eigenvalue weighted by molar-refractivity contribution is 6.14. The molecule has 0 aliphatic carbocycles. The van der Waals surface area contributed by atoms with Crippen molar-refractivity contribution in [2.45, 2.75) is 25.5 Å². The third kappa shape index (κ3) is 4.45. The van der Waals surface area contributed by atoms with Gasteiger partial charge in [0, 0.05) is 18.5 Å². The van der Waals surface area contributed by atoms with Crippen LogP contribution in [-0.2, 0) is 11.3 Å². The number of halogens is 1. The van der Waals surface area contributed by atoms with Crippen LogP contribution in [0.25, 0.3) is 11.0 Å². The van der Waals surface area contributed by atoms with Gasteiger partial charge in [-0.15, -0.1) is 0 Å². The molecule has 3 heterocycles. The van der Waals surface area contributed by atoms with E-state index in [2.05, 4.69) is 5.32 Å². The molecular formula is C26H23FN2O5. The van der Waals surface area contributed by atoms with E-state index < -0.39 is 17.6 Å². The third-order valence-corrected chi connectivity index (χ3v) is 5.81. The van der Waals surface area contributed by atoms with Crippen LogP contribution in [0.4, 0.5) is 10.1 Å². The molecule has 2 aromatic carbocycles. The molecule has 0 bridgehead atoms. The molecule has 1 N–H and O–H groups in total. The molecule has 0 spiro atoms. The van der Waals surface area contributed by atoms with Gasteiger partial charge in [0.25, 0.3) is 11.8 Å². The minimum atomic E-state index is -0.671. The lowest BCUT2D eigenvalue weighted by atomic mass is 10.1. The minimum absolute atomic E-state index is 0.0320. The quantitative estimate of drug-likeness (QED) is 0.406. The Hall–Kier alpha value is -3.91. The van der Waals surface area contributed by atoms with Crippen LogP contribution >= 0.6 is 0 Å². The number of para-hydroxylation sites is 1. The molecule has 174 valence electrons. The number of nitrogens with zero attached hydrogens (tertiary/aromatic N) is 1. The Morgan fingerprint density at radius 2 is 1.88 bits per heavy atom. The first-order valence-corrected chi connectivity index (χ1v) is 11.1. The molecule has 5 rings (SSSR count). The maximum Gasteiger partial charge on any atom is 0.292 e. The largest absolute Gasteiger partial charge is 0.467 e. The normalized spacial score (nSPS) is 15.5. The van der Waals surface area contributed by atoms with Gasteiger partial charge in [0.2, 0.25) is 5.76 Å². The predicted octanol–water partition coefficient (Wildman–Crippen LogP) is 5.24. The summed E-state index contributed by atoms with van der Waals surface area (Å²) in [4.78, 5) is 28.2. The number of benzene rings is 2. The number of amides is 2. The van der Waals surface area contributed by atoms with E-state index in [1.54, 1.807) is 53.6 Å². The topological polar surface area (TPSA) is 84.9 Å². The summed E-state index contributed by atoms with van der Waals surface area (Å²) < 4.78 is 31.4. The molecule has 8 heteroatoms. The van der Waals surface area contributed by atoms with Crippen LogP contribution in [-0.4, -0.2) is 36.0 Å². The predicted molar refractivity (Wildman–Crippen MR) is 123 cm³/mol. The van der Waals surface area contributed by atoms with Crippen molar-refractivity contribution in [3.63, 3.8) is 0 Å². The van der Waals surface area contributed by atoms with Gasteiger partial charge in [-0.2, -0.15) is 0 Å². The van der Waals surface area contributed by atoms with Gasteiger partial charge in [-0.3, -0.25) is 9.59 Å². The highest BCUT2D eigenvalue weighted by Crippen LogP contribution is 2.33. The van der Waals surface area contributed by atoms with Crippen molar-refractivity contribution in [3.05, 3.63) is 89.8 Å². The van der Waals surface area contributed by atoms with Gasteiger partial charge < -0.3 is 23.8 Å². The van der Waals surface area contributed by atoms with Gasteiger partial charge in [0.05, 0.1) is 24.5 Å². The summed E-state index contributed by atoms with van der Waals surface area (Å²) in [5.74, 6) is -1.17. The lowest BCUT2D eigenvalue weighted by Gasteiger charge is -2.24. The molecular weight excluding hydrogens is 439 g/mol. The lowest BCUT2D eigenvalue weighted by molar-refractivity contribution is 0.0471. The van der Waals surface area contributed by atoms with Crippen LogP contribution in [0.1, 0.15) is 39.5 Å². The highest BCUT2D eigenvalue weighted by atomic mass is 19.1. The summed E-state index contributed by atoms with van der Waals surface area (Å²) in [5, 5.41) is 3.25. The van der Waals surface area contributed by atoms with Gasteiger partial charge >= 0.3 is 0 Å². The fourth-order valence-electron chi connectivity index (χ4n) is 4.13. The van der Waals surface area contributed by atoms with Gasteiger partial charge in [-0.1, -0.05) is 24.3 Å². The summed E-state index contributed by atoms with van der Waals surface area (Å²) in [6.45, 7) is 1.21. The van der Waals surface area contributed by atoms with E-state index in [9.17, 15) is 14.0 Å². The van der Waals surface area contributed by atoms with Crippen LogP contribution in [0.3, 0.4) is 0 Å². The Morgan fingerprint density at radius 1 is 1.06 bits per heavy atom. The molecule has 1 atom stereocenters. The second-order valence-corrected chi connectivity index (χ2v) is 8.14. The average Bonchev–Trinajstić information content (AvgIpc) is 3.61. The Kier molecular flexibility index (Phi) is 6.14. The number of fused-ring (bicyclic) bond motifs is 1. The summed E-state index contributed by atoms with van der Waals surface area (Å²) in [5.41, 5.74) is 0.508. The first-order valence-electron chi connectivity index (χ1n) is 11.1. The van der Waals surface area contributed by atoms with E-state index in [0.717, 1.165) is 12.8 Å². The van der Waals surface area contributed by atoms with E-state index in [0.29, 0.717) is 29.9 Å². The molecule has 1 fully saturated rings. The van der Waals surface area contributed by atoms with Crippen molar-refractivity contribution in [2.75, 3.05) is 18.5 Å². The van der Waals surface area contributed by atoms with Crippen LogP contribution < -0.4 is 5.32 Å². The number of rotatable bonds is 7. The van der Waals surface area contributed by atoms with E-state index in [4.69, 9.17) is 13.6 Å². The van der Waals surface area contributed by atoms with Gasteiger partial charge in [-0.05, 0) is 49.2 Å². The molecule has 1 aliphatic rings. The van der Waals surface area contributed by atoms with Gasteiger partial charge in [0.15, 0.2) is 0 Å². The number of hydrogen-bond acceptors (Lipinski definition) is 5. The zero-order valence-corrected chi connectivity index (χ0v) is 18.3. The number of carbonyl (C=O) groups excluding carboxylic acids is 2. The van der Waals surface area contributed by atoms with Crippen molar-refractivity contribution in [2.24, 2.45) is 0 Å². The molecule has 0 radical (unpaired) electrons. The van der Waals surface area contributed by atoms with E-state index in [1.165, 1.54) is 18.2 Å². The Labute approximate surface area is 195 Å². The zero-order chi connectivity index (χ0) is 23.5. The lowest BCUT2D eigenvalue weighted by Crippen LogP contribution is -2.37. The first-order chi connectivity index (χ1) is 16.6. The van der Waals surface area contributed by atoms with Crippen molar-refractivity contribution in [3.8, 4) is 0 Å². The summed E-state index contributed by atoms with van der Waals surface area (Å²) in [6.07, 6.45) is 3.23. The van der Waals surface area contributed by atoms with Crippen LogP contribution in [0, 0.1) is 5.82 Å². The smallest absolute Gasteiger partial charge is 0.292 e. The summed E-state index contributed by atoms with van der Waals surface area (Å²) >= 11 is 0. The molecule has 4 aromatic rings. The van der Waals surface area contributed by atoms with E-state index in [-0.39, 0.29) is 29.7 Å². The van der Waals surface area contributed by atoms with E-state index >= 15 is 0 Å². The fraction of sp³-hybridized carbons (Fsp3) is 0.231. The number of ether oxygens (including phenoxy) is 1. The zero-order valence-electron chi connectivity index (χ0n) is 18.3. The molecule has 34 heavy (non-hydrogen) atoms. The molecule has 0 unspecified atom stereocenters. The molecule has 1 aliphatic heterocycles. The molecule has 1 saturated heterocycles. The van der Waals surface area contributed by atoms with Gasteiger partial charge in [-0.25, -0.2) is 4.39 Å². The third-order valence-electron chi connectivity index (χ3n) is 5.81. The van der Waals surface area contributed by atoms with Crippen LogP contribution in [0.5, 0.6) is 0 Å². The molecule has 2 amide bonds. The number of furan rings is 2. The standard InChI is InChI=1S/C26H23FN2O5/c27-21-11-3-1-9-19(21)25(30)28-23-20-10-2-4-12-22(20)34-24(23)26(31)29(15-17-7-5-13-32-17)16-18-8-6-14-33-18/h1-5,7,9-13,18H,6,8,14-16H2,(H,28,30)/t18-/m0/s1. The summed E-state index contributed by atoms with van der Waals surface area (Å²) in [6, 6.07) is 16.2. The monoisotopic (exact) mass is 462 g/mol. The second-order valence-electron chi connectivity index (χ2n) is 8.14. The SMILES string of the molecule is O=C(Nc1c(C(=O)N(Cc2ccco2)C[C@@H]2CCCO2)oc2ccccc12)c1ccccc1F. The van der Waals surface area contributed by atoms with Crippen molar-refractivity contribution in [1.82, 2.24) is 4.90 Å². The maximum atomic E-state index is 14.2. The fourth-order valence-corrected chi connectivity index (χ4v) is 4.13. The Morgan fingerprint density at radius 3 is 2.65 bits per heavy atom. The average molecular weight is 462 g/mol. The molecule has 2 aromatic heterocycles. The van der Waals surface area contributed by atoms with Crippen molar-refractivity contribution >= 4 is 28.5 Å². The van der Waals surface area contributed by atoms with Crippen LogP contribution in [0.15, 0.2) is 75.8 Å². The second kappa shape index (κ2) is 9.52. The number of hydrogen-bond donors (Lipinski definition) is 1. The molecule has 7 nitrogen and oxygen atoms in total. The Balaban J connectivity index is 1.51. The number of carbonyl (C=O) groups is 2. The summed E-state index contributed by atoms with van der Waals surface area (Å²) in [7, 11) is 0. The minimum Gasteiger partial charge on any atom is -0.467 e. The Bertz CT molecular complexity index is 1310. The number of anilines is 1. The highest BCUT2D eigenvalue weighted by Gasteiger charge is 2.30. The first kappa shape index (κ1) is 21.9. The van der Waals surface area contributed by atoms with Crippen molar-refractivity contribution < 1.29 is 27.6 Å².